The number of rotatable bonds is 11. The van der Waals surface area contributed by atoms with Crippen molar-refractivity contribution in [1.82, 2.24) is 23.1 Å². The minimum Gasteiger partial charge on any atom is -0.443 e. The number of carbonyl (C=O) groups excluding carboxylic acids is 1. The average Bonchev–Trinajstić information content (AvgIpc) is 3.63. The number of hydrogen-bond donors (Lipinski definition) is 0. The number of aromatic nitrogens is 3. The minimum absolute atomic E-state index is 0.206. The van der Waals surface area contributed by atoms with Crippen LogP contribution >= 0.6 is 0 Å². The van der Waals surface area contributed by atoms with Crippen LogP contribution in [-0.2, 0) is 33.9 Å². The number of nitrogens with zero attached hydrogens (tertiary/aromatic N) is 6. The monoisotopic (exact) mass is 664 g/mol. The third-order valence-electron chi connectivity index (χ3n) is 8.93. The summed E-state index contributed by atoms with van der Waals surface area (Å²) in [5.41, 5.74) is -0.737. The predicted molar refractivity (Wildman–Crippen MR) is 170 cm³/mol. The highest BCUT2D eigenvalue weighted by atomic mass is 32.2. The van der Waals surface area contributed by atoms with Gasteiger partial charge in [0.2, 0.25) is 0 Å². The second-order valence-corrected chi connectivity index (χ2v) is 15.4. The Morgan fingerprint density at radius 1 is 1.00 bits per heavy atom. The molecule has 0 bridgehead atoms. The van der Waals surface area contributed by atoms with Gasteiger partial charge in [-0.25, -0.2) is 19.3 Å². The van der Waals surface area contributed by atoms with Gasteiger partial charge in [-0.2, -0.15) is 17.0 Å². The normalized spacial score (nSPS) is 24.1. The lowest BCUT2D eigenvalue weighted by Crippen LogP contribution is -2.60. The van der Waals surface area contributed by atoms with Crippen LogP contribution in [0, 0.1) is 0 Å². The smallest absolute Gasteiger partial charge is 0.420 e. The molecule has 1 saturated carbocycles. The van der Waals surface area contributed by atoms with Crippen molar-refractivity contribution in [1.29, 1.82) is 0 Å². The molecule has 4 fully saturated rings. The third kappa shape index (κ3) is 7.66. The summed E-state index contributed by atoms with van der Waals surface area (Å²) in [6.45, 7) is 8.91. The lowest BCUT2D eigenvalue weighted by atomic mass is 10.2. The van der Waals surface area contributed by atoms with Crippen molar-refractivity contribution < 1.29 is 36.9 Å². The zero-order chi connectivity index (χ0) is 32.4. The summed E-state index contributed by atoms with van der Waals surface area (Å²) in [4.78, 5) is 23.9. The van der Waals surface area contributed by atoms with Crippen LogP contribution in [0.5, 0.6) is 0 Å². The highest BCUT2D eigenvalue weighted by Gasteiger charge is 2.57. The molecule has 1 spiro atoms. The summed E-state index contributed by atoms with van der Waals surface area (Å²) in [6.07, 6.45) is 9.24. The molecule has 2 unspecified atom stereocenters. The second-order valence-electron chi connectivity index (χ2n) is 13.6. The molecule has 0 amide bonds. The Labute approximate surface area is 271 Å². The number of hydrogen-bond acceptors (Lipinski definition) is 11. The van der Waals surface area contributed by atoms with Crippen LogP contribution in [0.25, 0.3) is 11.0 Å². The van der Waals surface area contributed by atoms with Crippen LogP contribution < -0.4 is 4.90 Å². The quantitative estimate of drug-likeness (QED) is 0.349. The van der Waals surface area contributed by atoms with Gasteiger partial charge in [0, 0.05) is 52.1 Å². The Bertz CT molecular complexity index is 1420. The van der Waals surface area contributed by atoms with Gasteiger partial charge < -0.3 is 28.6 Å². The van der Waals surface area contributed by atoms with E-state index in [4.69, 9.17) is 23.7 Å². The minimum atomic E-state index is -3.85. The standard InChI is InChI=1S/C31H48N6O8S/c1-30(2,3)45-29(38)36-13-10-24-27(32-23-33-28(24)36)34-14-15-37(31(22-34)11-12-31)46(39,40)35(16-20-43-25-8-4-6-18-41-25)17-21-44-26-9-5-7-19-42-26/h10,13,23,25-26H,4-9,11-12,14-22H2,1-3H3. The second kappa shape index (κ2) is 14.0. The topological polar surface area (TPSA) is 138 Å². The molecule has 0 aromatic carbocycles. The molecule has 1 aliphatic carbocycles. The number of anilines is 1. The Morgan fingerprint density at radius 2 is 1.65 bits per heavy atom. The van der Waals surface area contributed by atoms with Gasteiger partial charge in [-0.1, -0.05) is 0 Å². The molecule has 46 heavy (non-hydrogen) atoms. The van der Waals surface area contributed by atoms with E-state index in [1.54, 1.807) is 10.5 Å². The van der Waals surface area contributed by atoms with Crippen LogP contribution in [0.15, 0.2) is 18.6 Å². The maximum Gasteiger partial charge on any atom is 0.420 e. The predicted octanol–water partition coefficient (Wildman–Crippen LogP) is 3.50. The van der Waals surface area contributed by atoms with Gasteiger partial charge in [-0.3, -0.25) is 0 Å². The van der Waals surface area contributed by atoms with Crippen molar-refractivity contribution in [3.8, 4) is 0 Å². The van der Waals surface area contributed by atoms with E-state index >= 15 is 0 Å². The van der Waals surface area contributed by atoms with Crippen molar-refractivity contribution in [2.24, 2.45) is 0 Å². The van der Waals surface area contributed by atoms with Gasteiger partial charge in [-0.05, 0) is 78.2 Å². The first-order chi connectivity index (χ1) is 22.1. The Balaban J connectivity index is 1.15. The van der Waals surface area contributed by atoms with Crippen LogP contribution in [-0.4, -0.2) is 121 Å². The van der Waals surface area contributed by atoms with Gasteiger partial charge in [0.1, 0.15) is 17.7 Å². The average molecular weight is 665 g/mol. The van der Waals surface area contributed by atoms with E-state index in [9.17, 15) is 13.2 Å². The molecule has 15 heteroatoms. The van der Waals surface area contributed by atoms with E-state index in [2.05, 4.69) is 14.9 Å². The Kier molecular flexibility index (Phi) is 10.2. The molecule has 3 saturated heterocycles. The van der Waals surface area contributed by atoms with Crippen LogP contribution in [0.2, 0.25) is 0 Å². The van der Waals surface area contributed by atoms with E-state index in [0.29, 0.717) is 49.7 Å². The fourth-order valence-electron chi connectivity index (χ4n) is 6.44. The summed E-state index contributed by atoms with van der Waals surface area (Å²) in [7, 11) is -3.85. The summed E-state index contributed by atoms with van der Waals surface area (Å²) in [5, 5.41) is 0.714. The molecule has 4 aliphatic rings. The van der Waals surface area contributed by atoms with Crippen LogP contribution in [0.3, 0.4) is 0 Å². The van der Waals surface area contributed by atoms with Crippen molar-refractivity contribution in [3.05, 3.63) is 18.6 Å². The fourth-order valence-corrected chi connectivity index (χ4v) is 8.37. The third-order valence-corrected chi connectivity index (χ3v) is 11.1. The largest absolute Gasteiger partial charge is 0.443 e. The first-order valence-electron chi connectivity index (χ1n) is 16.6. The van der Waals surface area contributed by atoms with Crippen LogP contribution in [0.4, 0.5) is 10.6 Å². The lowest BCUT2D eigenvalue weighted by Gasteiger charge is -2.43. The molecule has 256 valence electrons. The van der Waals surface area contributed by atoms with Gasteiger partial charge >= 0.3 is 6.09 Å². The molecule has 6 rings (SSSR count). The summed E-state index contributed by atoms with van der Waals surface area (Å²) in [5.74, 6) is 0.675. The molecule has 2 aromatic rings. The van der Waals surface area contributed by atoms with Gasteiger partial charge in [0.05, 0.1) is 24.1 Å². The first-order valence-corrected chi connectivity index (χ1v) is 18.0. The van der Waals surface area contributed by atoms with E-state index in [0.717, 1.165) is 51.4 Å². The van der Waals surface area contributed by atoms with Crippen molar-refractivity contribution in [2.45, 2.75) is 95.9 Å². The van der Waals surface area contributed by atoms with E-state index < -0.39 is 27.4 Å². The molecular weight excluding hydrogens is 616 g/mol. The zero-order valence-corrected chi connectivity index (χ0v) is 28.1. The van der Waals surface area contributed by atoms with Gasteiger partial charge in [0.15, 0.2) is 18.2 Å². The number of fused-ring (bicyclic) bond motifs is 1. The van der Waals surface area contributed by atoms with Gasteiger partial charge in [0.25, 0.3) is 10.2 Å². The maximum absolute atomic E-state index is 14.3. The molecule has 5 heterocycles. The maximum atomic E-state index is 14.3. The van der Waals surface area contributed by atoms with Crippen molar-refractivity contribution in [3.63, 3.8) is 0 Å². The van der Waals surface area contributed by atoms with Crippen molar-refractivity contribution in [2.75, 3.05) is 64.1 Å². The number of piperazine rings is 1. The highest BCUT2D eigenvalue weighted by molar-refractivity contribution is 7.86. The molecule has 3 aliphatic heterocycles. The zero-order valence-electron chi connectivity index (χ0n) is 27.3. The number of carbonyl (C=O) groups is 1. The fraction of sp³-hybridized carbons (Fsp3) is 0.774. The summed E-state index contributed by atoms with van der Waals surface area (Å²) < 4.78 is 62.1. The Morgan fingerprint density at radius 3 is 2.22 bits per heavy atom. The SMILES string of the molecule is CC(C)(C)OC(=O)n1ccc2c(N3CCN(S(=O)(=O)N(CCOC4CCCCO4)CCOC4CCCCO4)C4(CC4)C3)ncnc21. The van der Waals surface area contributed by atoms with E-state index in [1.165, 1.54) is 15.2 Å². The summed E-state index contributed by atoms with van der Waals surface area (Å²) in [6, 6.07) is 1.81. The van der Waals surface area contributed by atoms with Crippen LogP contribution in [0.1, 0.15) is 72.1 Å². The molecule has 0 radical (unpaired) electrons. The Hall–Kier alpha value is -2.40. The van der Waals surface area contributed by atoms with Crippen molar-refractivity contribution >= 4 is 33.2 Å². The molecule has 14 nitrogen and oxygen atoms in total. The van der Waals surface area contributed by atoms with E-state index in [1.807, 2.05) is 26.8 Å². The molecule has 2 aromatic heterocycles. The first kappa shape index (κ1) is 33.5. The molecular formula is C31H48N6O8S. The van der Waals surface area contributed by atoms with Gasteiger partial charge in [-0.15, -0.1) is 0 Å². The highest BCUT2D eigenvalue weighted by Crippen LogP contribution is 2.47. The lowest BCUT2D eigenvalue weighted by molar-refractivity contribution is -0.167. The molecule has 2 atom stereocenters. The summed E-state index contributed by atoms with van der Waals surface area (Å²) >= 11 is 0. The molecule has 0 N–H and O–H groups in total. The van der Waals surface area contributed by atoms with E-state index in [-0.39, 0.29) is 38.9 Å². The number of ether oxygens (including phenoxy) is 5.